The lowest BCUT2D eigenvalue weighted by molar-refractivity contribution is -0.117. The van der Waals surface area contributed by atoms with Crippen molar-refractivity contribution < 1.29 is 14.9 Å². The zero-order chi connectivity index (χ0) is 20.1. The Hall–Kier alpha value is -0.120. The minimum atomic E-state index is -0.567. The highest BCUT2D eigenvalue weighted by Crippen LogP contribution is 2.55. The van der Waals surface area contributed by atoms with Crippen LogP contribution in [0.3, 0.4) is 0 Å². The molecule has 0 heterocycles. The van der Waals surface area contributed by atoms with Gasteiger partial charge in [-0.3, -0.25) is 0 Å². The minimum Gasteiger partial charge on any atom is -0.393 e. The molecule has 0 saturated heterocycles. The first-order chi connectivity index (χ1) is 13.5. The molecule has 0 amide bonds. The van der Waals surface area contributed by atoms with Crippen LogP contribution in [0.25, 0.3) is 0 Å². The molecule has 0 aromatic rings. The highest BCUT2D eigenvalue weighted by atomic mass is 16.5. The first kappa shape index (κ1) is 22.6. The van der Waals surface area contributed by atoms with E-state index in [1.807, 2.05) is 6.92 Å². The summed E-state index contributed by atoms with van der Waals surface area (Å²) in [6.07, 6.45) is 14.4. The van der Waals surface area contributed by atoms with E-state index in [0.29, 0.717) is 25.0 Å². The van der Waals surface area contributed by atoms with E-state index < -0.39 is 5.60 Å². The monoisotopic (exact) mass is 394 g/mol. The van der Waals surface area contributed by atoms with Gasteiger partial charge in [-0.2, -0.15) is 0 Å². The lowest BCUT2D eigenvalue weighted by Crippen LogP contribution is -2.49. The number of ether oxygens (including phenoxy) is 1. The molecule has 3 saturated carbocycles. The summed E-state index contributed by atoms with van der Waals surface area (Å²) in [6.45, 7) is 7.60. The summed E-state index contributed by atoms with van der Waals surface area (Å²) < 4.78 is 5.60. The highest BCUT2D eigenvalue weighted by molar-refractivity contribution is 4.99. The Morgan fingerprint density at radius 3 is 2.50 bits per heavy atom. The van der Waals surface area contributed by atoms with Gasteiger partial charge in [-0.25, -0.2) is 0 Å². The molecule has 3 fully saturated rings. The molecule has 0 aromatic carbocycles. The van der Waals surface area contributed by atoms with E-state index in [-0.39, 0.29) is 6.10 Å². The number of rotatable bonds is 9. The topological polar surface area (TPSA) is 49.7 Å². The molecule has 0 unspecified atom stereocenters. The van der Waals surface area contributed by atoms with Crippen molar-refractivity contribution in [2.75, 3.05) is 13.2 Å². The molecular formula is C25H46O3. The number of aliphatic hydroxyl groups excluding tert-OH is 1. The molecule has 0 aromatic heterocycles. The molecule has 0 bridgehead atoms. The molecule has 3 nitrogen and oxygen atoms in total. The summed E-state index contributed by atoms with van der Waals surface area (Å²) in [6, 6.07) is 0. The average Bonchev–Trinajstić information content (AvgIpc) is 2.72. The molecule has 3 heteroatoms. The third kappa shape index (κ3) is 5.13. The maximum absolute atomic E-state index is 11.0. The van der Waals surface area contributed by atoms with Gasteiger partial charge in [-0.05, 0) is 100 Å². The molecule has 0 aliphatic heterocycles. The second-order valence-electron chi connectivity index (χ2n) is 10.3. The Bertz CT molecular complexity index is 467. The van der Waals surface area contributed by atoms with Crippen LogP contribution >= 0.6 is 0 Å². The molecule has 0 radical (unpaired) electrons. The second kappa shape index (κ2) is 10.3. The Labute approximate surface area is 173 Å². The van der Waals surface area contributed by atoms with E-state index in [0.717, 1.165) is 49.4 Å². The fourth-order valence-corrected chi connectivity index (χ4v) is 7.29. The second-order valence-corrected chi connectivity index (χ2v) is 10.3. The van der Waals surface area contributed by atoms with Crippen molar-refractivity contribution in [3.8, 4) is 0 Å². The Kier molecular flexibility index (Phi) is 8.27. The quantitative estimate of drug-likeness (QED) is 0.537. The van der Waals surface area contributed by atoms with Gasteiger partial charge in [0.25, 0.3) is 0 Å². The van der Waals surface area contributed by atoms with Crippen LogP contribution in [-0.4, -0.2) is 35.1 Å². The average molecular weight is 395 g/mol. The van der Waals surface area contributed by atoms with Crippen molar-refractivity contribution >= 4 is 0 Å². The largest absolute Gasteiger partial charge is 0.393 e. The SMILES string of the molecule is CCOC[C@@]1(O)CC[C@H]2[C@H](CC[C@H]3[C@H](CC[C@@H](CC)[C@@H](O)CC)CCC[C@@H]32)C1. The van der Waals surface area contributed by atoms with Crippen LogP contribution in [0.1, 0.15) is 97.8 Å². The zero-order valence-electron chi connectivity index (χ0n) is 18.7. The van der Waals surface area contributed by atoms with Crippen molar-refractivity contribution in [1.29, 1.82) is 0 Å². The first-order valence-corrected chi connectivity index (χ1v) is 12.5. The lowest BCUT2D eigenvalue weighted by Gasteiger charge is -2.53. The standard InChI is InChI=1S/C25H46O3/c1-4-18(24(26)5-2)10-11-19-8-7-9-23-21(19)13-12-20-16-25(27,17-28-6-3)15-14-22(20)23/h18-24,26-27H,4-17H2,1-3H3/t18-,19+,20-,21+,22+,23+,24+,25-/m1/s1. The lowest BCUT2D eigenvalue weighted by atomic mass is 9.53. The van der Waals surface area contributed by atoms with Crippen molar-refractivity contribution in [2.24, 2.45) is 35.5 Å². The molecule has 3 rings (SSSR count). The third-order valence-electron chi connectivity index (χ3n) is 8.85. The van der Waals surface area contributed by atoms with Gasteiger partial charge in [0.15, 0.2) is 0 Å². The number of hydrogen-bond acceptors (Lipinski definition) is 3. The number of fused-ring (bicyclic) bond motifs is 3. The minimum absolute atomic E-state index is 0.110. The van der Waals surface area contributed by atoms with Crippen molar-refractivity contribution in [1.82, 2.24) is 0 Å². The van der Waals surface area contributed by atoms with Crippen LogP contribution in [0.15, 0.2) is 0 Å². The first-order valence-electron chi connectivity index (χ1n) is 12.5. The van der Waals surface area contributed by atoms with Gasteiger partial charge >= 0.3 is 0 Å². The molecule has 3 aliphatic carbocycles. The third-order valence-corrected chi connectivity index (χ3v) is 8.85. The molecule has 2 N–H and O–H groups in total. The summed E-state index contributed by atoms with van der Waals surface area (Å²) in [5.41, 5.74) is -0.567. The van der Waals surface area contributed by atoms with Gasteiger partial charge < -0.3 is 14.9 Å². The van der Waals surface area contributed by atoms with Gasteiger partial charge in [0, 0.05) is 6.61 Å². The van der Waals surface area contributed by atoms with E-state index in [4.69, 9.17) is 4.74 Å². The van der Waals surface area contributed by atoms with Crippen molar-refractivity contribution in [3.05, 3.63) is 0 Å². The fourth-order valence-electron chi connectivity index (χ4n) is 7.29. The Balaban J connectivity index is 1.57. The molecule has 8 atom stereocenters. The van der Waals surface area contributed by atoms with Crippen LogP contribution in [0.4, 0.5) is 0 Å². The van der Waals surface area contributed by atoms with Gasteiger partial charge in [-0.15, -0.1) is 0 Å². The van der Waals surface area contributed by atoms with Gasteiger partial charge in [0.1, 0.15) is 0 Å². The summed E-state index contributed by atoms with van der Waals surface area (Å²) in [5, 5.41) is 21.3. The van der Waals surface area contributed by atoms with Gasteiger partial charge in [0.2, 0.25) is 0 Å². The van der Waals surface area contributed by atoms with E-state index >= 15 is 0 Å². The summed E-state index contributed by atoms with van der Waals surface area (Å²) in [7, 11) is 0. The van der Waals surface area contributed by atoms with Crippen LogP contribution in [-0.2, 0) is 4.74 Å². The predicted molar refractivity (Wildman–Crippen MR) is 115 cm³/mol. The Morgan fingerprint density at radius 2 is 1.79 bits per heavy atom. The van der Waals surface area contributed by atoms with E-state index in [9.17, 15) is 10.2 Å². The smallest absolute Gasteiger partial charge is 0.0883 e. The van der Waals surface area contributed by atoms with Crippen molar-refractivity contribution in [3.63, 3.8) is 0 Å². The molecule has 28 heavy (non-hydrogen) atoms. The maximum atomic E-state index is 11.0. The van der Waals surface area contributed by atoms with Crippen LogP contribution in [0.2, 0.25) is 0 Å². The molecule has 0 spiro atoms. The highest BCUT2D eigenvalue weighted by Gasteiger charge is 2.49. The zero-order valence-corrected chi connectivity index (χ0v) is 18.7. The predicted octanol–water partition coefficient (Wildman–Crippen LogP) is 5.57. The molecular weight excluding hydrogens is 348 g/mol. The summed E-state index contributed by atoms with van der Waals surface area (Å²) in [4.78, 5) is 0. The van der Waals surface area contributed by atoms with Gasteiger partial charge in [0.05, 0.1) is 18.3 Å². The number of aliphatic hydroxyl groups is 2. The van der Waals surface area contributed by atoms with Crippen LogP contribution < -0.4 is 0 Å². The van der Waals surface area contributed by atoms with Crippen molar-refractivity contribution in [2.45, 2.75) is 110 Å². The normalized spacial score (nSPS) is 40.4. The fraction of sp³-hybridized carbons (Fsp3) is 1.00. The van der Waals surface area contributed by atoms with E-state index in [1.54, 1.807) is 0 Å². The van der Waals surface area contributed by atoms with Gasteiger partial charge in [-0.1, -0.05) is 33.1 Å². The summed E-state index contributed by atoms with van der Waals surface area (Å²) in [5.74, 6) is 4.72. The van der Waals surface area contributed by atoms with E-state index in [1.165, 1.54) is 51.4 Å². The Morgan fingerprint density at radius 1 is 0.964 bits per heavy atom. The van der Waals surface area contributed by atoms with Crippen LogP contribution in [0, 0.1) is 35.5 Å². The van der Waals surface area contributed by atoms with E-state index in [2.05, 4.69) is 13.8 Å². The maximum Gasteiger partial charge on any atom is 0.0883 e. The molecule has 164 valence electrons. The summed E-state index contributed by atoms with van der Waals surface area (Å²) >= 11 is 0. The number of hydrogen-bond donors (Lipinski definition) is 2. The van der Waals surface area contributed by atoms with Crippen LogP contribution in [0.5, 0.6) is 0 Å². The molecule has 3 aliphatic rings.